The van der Waals surface area contributed by atoms with Crippen LogP contribution < -0.4 is 0 Å². The maximum atomic E-state index is 12.4. The van der Waals surface area contributed by atoms with Crippen LogP contribution in [-0.2, 0) is 17.6 Å². The largest absolute Gasteiger partial charge is 0.462 e. The highest BCUT2D eigenvalue weighted by molar-refractivity contribution is 9.10. The van der Waals surface area contributed by atoms with Gasteiger partial charge in [-0.3, -0.25) is 0 Å². The van der Waals surface area contributed by atoms with Crippen LogP contribution in [0.25, 0.3) is 0 Å². The highest BCUT2D eigenvalue weighted by Gasteiger charge is 2.25. The van der Waals surface area contributed by atoms with Gasteiger partial charge in [0, 0.05) is 15.6 Å². The van der Waals surface area contributed by atoms with E-state index in [0.29, 0.717) is 12.2 Å². The Balaban J connectivity index is 1.97. The van der Waals surface area contributed by atoms with E-state index in [-0.39, 0.29) is 5.97 Å². The van der Waals surface area contributed by atoms with E-state index in [4.69, 9.17) is 4.74 Å². The Hall–Kier alpha value is -1.46. The van der Waals surface area contributed by atoms with Crippen LogP contribution in [0.5, 0.6) is 0 Å². The average molecular weight is 392 g/mol. The Kier molecular flexibility index (Phi) is 5.28. The Morgan fingerprint density at radius 3 is 3.00 bits per heavy atom. The van der Waals surface area contributed by atoms with Gasteiger partial charge in [0.2, 0.25) is 0 Å². The van der Waals surface area contributed by atoms with Gasteiger partial charge in [-0.1, -0.05) is 28.1 Å². The molecule has 0 atom stereocenters. The molecular formula is C18H18BrNO2S. The third-order valence-electron chi connectivity index (χ3n) is 3.81. The second-order valence-corrected chi connectivity index (χ2v) is 7.42. The van der Waals surface area contributed by atoms with Crippen molar-refractivity contribution in [1.29, 1.82) is 0 Å². The number of thiophene rings is 1. The first-order chi connectivity index (χ1) is 11.2. The lowest BCUT2D eigenvalue weighted by molar-refractivity contribution is 0.0526. The Morgan fingerprint density at radius 2 is 2.22 bits per heavy atom. The lowest BCUT2D eigenvalue weighted by Gasteiger charge is -2.11. The summed E-state index contributed by atoms with van der Waals surface area (Å²) in [5.41, 5.74) is 2.83. The number of hydrogen-bond donors (Lipinski definition) is 0. The van der Waals surface area contributed by atoms with Crippen molar-refractivity contribution in [3.63, 3.8) is 0 Å². The first kappa shape index (κ1) is 16.4. The van der Waals surface area contributed by atoms with Gasteiger partial charge in [0.1, 0.15) is 5.00 Å². The zero-order valence-electron chi connectivity index (χ0n) is 13.0. The Bertz CT molecular complexity index is 751. The highest BCUT2D eigenvalue weighted by Crippen LogP contribution is 2.40. The first-order valence-electron chi connectivity index (χ1n) is 7.80. The molecule has 120 valence electrons. The molecule has 0 saturated heterocycles. The molecule has 1 heterocycles. The third-order valence-corrected chi connectivity index (χ3v) is 5.50. The molecule has 0 bridgehead atoms. The van der Waals surface area contributed by atoms with Crippen LogP contribution in [0.3, 0.4) is 0 Å². The number of benzene rings is 1. The topological polar surface area (TPSA) is 38.7 Å². The van der Waals surface area contributed by atoms with Crippen molar-refractivity contribution in [2.75, 3.05) is 6.61 Å². The second-order valence-electron chi connectivity index (χ2n) is 5.42. The first-order valence-corrected chi connectivity index (χ1v) is 9.41. The van der Waals surface area contributed by atoms with Gasteiger partial charge >= 0.3 is 5.97 Å². The summed E-state index contributed by atoms with van der Waals surface area (Å²) in [6.45, 7) is 2.22. The van der Waals surface area contributed by atoms with E-state index in [1.807, 2.05) is 37.4 Å². The number of fused-ring (bicyclic) bond motifs is 1. The number of ether oxygens (including phenoxy) is 1. The van der Waals surface area contributed by atoms with E-state index < -0.39 is 0 Å². The summed E-state index contributed by atoms with van der Waals surface area (Å²) in [6, 6.07) is 7.94. The fraction of sp³-hybridized carbons (Fsp3) is 0.333. The summed E-state index contributed by atoms with van der Waals surface area (Å²) in [7, 11) is 0. The highest BCUT2D eigenvalue weighted by atomic mass is 79.9. The van der Waals surface area contributed by atoms with Crippen molar-refractivity contribution in [2.24, 2.45) is 4.99 Å². The SMILES string of the molecule is CCOC(=O)c1c(N=Cc2cccc(Br)c2)sc2c1CCCC2. The molecule has 0 amide bonds. The summed E-state index contributed by atoms with van der Waals surface area (Å²) >= 11 is 5.09. The molecule has 0 saturated carbocycles. The molecule has 3 rings (SSSR count). The van der Waals surface area contributed by atoms with E-state index in [2.05, 4.69) is 20.9 Å². The molecule has 0 aliphatic heterocycles. The number of rotatable bonds is 4. The molecule has 0 unspecified atom stereocenters. The van der Waals surface area contributed by atoms with Crippen molar-refractivity contribution < 1.29 is 9.53 Å². The van der Waals surface area contributed by atoms with Crippen molar-refractivity contribution in [3.8, 4) is 0 Å². The molecule has 1 aliphatic carbocycles. The summed E-state index contributed by atoms with van der Waals surface area (Å²) in [6.07, 6.45) is 6.12. The molecule has 3 nitrogen and oxygen atoms in total. The second kappa shape index (κ2) is 7.41. The van der Waals surface area contributed by atoms with Crippen LogP contribution in [-0.4, -0.2) is 18.8 Å². The van der Waals surface area contributed by atoms with Crippen LogP contribution in [0.1, 0.15) is 46.1 Å². The summed E-state index contributed by atoms with van der Waals surface area (Å²) in [5, 5.41) is 0.773. The molecule has 1 aromatic heterocycles. The van der Waals surface area contributed by atoms with Crippen molar-refractivity contribution in [2.45, 2.75) is 32.6 Å². The van der Waals surface area contributed by atoms with Gasteiger partial charge in [-0.05, 0) is 55.9 Å². The van der Waals surface area contributed by atoms with Gasteiger partial charge < -0.3 is 4.74 Å². The van der Waals surface area contributed by atoms with Gasteiger partial charge in [-0.2, -0.15) is 0 Å². The molecule has 0 fully saturated rings. The summed E-state index contributed by atoms with van der Waals surface area (Å²) < 4.78 is 6.26. The van der Waals surface area contributed by atoms with E-state index in [1.54, 1.807) is 11.3 Å². The number of carbonyl (C=O) groups is 1. The normalized spacial score (nSPS) is 14.0. The monoisotopic (exact) mass is 391 g/mol. The maximum Gasteiger partial charge on any atom is 0.341 e. The van der Waals surface area contributed by atoms with Gasteiger partial charge in [0.15, 0.2) is 0 Å². The predicted octanol–water partition coefficient (Wildman–Crippen LogP) is 5.32. The van der Waals surface area contributed by atoms with Crippen LogP contribution in [0.15, 0.2) is 33.7 Å². The molecular weight excluding hydrogens is 374 g/mol. The summed E-state index contributed by atoms with van der Waals surface area (Å²) in [5.74, 6) is -0.242. The number of aryl methyl sites for hydroxylation is 1. The van der Waals surface area contributed by atoms with Gasteiger partial charge in [-0.15, -0.1) is 11.3 Å². The van der Waals surface area contributed by atoms with Crippen molar-refractivity contribution >= 4 is 44.5 Å². The van der Waals surface area contributed by atoms with E-state index in [9.17, 15) is 4.79 Å². The van der Waals surface area contributed by atoms with Gasteiger partial charge in [-0.25, -0.2) is 9.79 Å². The molecule has 1 aromatic carbocycles. The number of esters is 1. The van der Waals surface area contributed by atoms with E-state index >= 15 is 0 Å². The van der Waals surface area contributed by atoms with Crippen molar-refractivity contribution in [3.05, 3.63) is 50.3 Å². The average Bonchev–Trinajstić information content (AvgIpc) is 2.91. The van der Waals surface area contributed by atoms with Crippen LogP contribution in [0, 0.1) is 0 Å². The minimum atomic E-state index is -0.242. The lowest BCUT2D eigenvalue weighted by atomic mass is 9.95. The van der Waals surface area contributed by atoms with Crippen LogP contribution in [0.4, 0.5) is 5.00 Å². The number of halogens is 1. The zero-order chi connectivity index (χ0) is 16.2. The van der Waals surface area contributed by atoms with E-state index in [1.165, 1.54) is 11.3 Å². The molecule has 0 spiro atoms. The smallest absolute Gasteiger partial charge is 0.341 e. The Morgan fingerprint density at radius 1 is 1.39 bits per heavy atom. The molecule has 1 aliphatic rings. The minimum Gasteiger partial charge on any atom is -0.462 e. The Labute approximate surface area is 148 Å². The zero-order valence-corrected chi connectivity index (χ0v) is 15.4. The van der Waals surface area contributed by atoms with Crippen molar-refractivity contribution in [1.82, 2.24) is 0 Å². The number of hydrogen-bond acceptors (Lipinski definition) is 4. The molecule has 5 heteroatoms. The quantitative estimate of drug-likeness (QED) is 0.522. The van der Waals surface area contributed by atoms with Gasteiger partial charge in [0.25, 0.3) is 0 Å². The predicted molar refractivity (Wildman–Crippen MR) is 98.3 cm³/mol. The summed E-state index contributed by atoms with van der Waals surface area (Å²) in [4.78, 5) is 18.3. The van der Waals surface area contributed by atoms with Gasteiger partial charge in [0.05, 0.1) is 12.2 Å². The molecule has 0 radical (unpaired) electrons. The van der Waals surface area contributed by atoms with E-state index in [0.717, 1.165) is 39.9 Å². The van der Waals surface area contributed by atoms with Crippen LogP contribution in [0.2, 0.25) is 0 Å². The fourth-order valence-electron chi connectivity index (χ4n) is 2.78. The molecule has 23 heavy (non-hydrogen) atoms. The molecule has 2 aromatic rings. The number of nitrogens with zero attached hydrogens (tertiary/aromatic N) is 1. The number of carbonyl (C=O) groups excluding carboxylic acids is 1. The maximum absolute atomic E-state index is 12.4. The minimum absolute atomic E-state index is 0.242. The number of aliphatic imine (C=N–C) groups is 1. The third kappa shape index (κ3) is 3.72. The standard InChI is InChI=1S/C18H18BrNO2S/c1-2-22-18(21)16-14-8-3-4-9-15(14)23-17(16)20-11-12-6-5-7-13(19)10-12/h5-7,10-11H,2-4,8-9H2,1H3. The van der Waals surface area contributed by atoms with Crippen LogP contribution >= 0.6 is 27.3 Å². The molecule has 0 N–H and O–H groups in total. The lowest BCUT2D eigenvalue weighted by Crippen LogP contribution is -2.09. The fourth-order valence-corrected chi connectivity index (χ4v) is 4.41.